The Morgan fingerprint density at radius 2 is 1.53 bits per heavy atom. The number of likely N-dealkylation sites (N-methyl/N-ethyl adjacent to an activating group) is 1. The number of benzene rings is 2. The van der Waals surface area contributed by atoms with Gasteiger partial charge in [-0.1, -0.05) is 0 Å². The Morgan fingerprint density at radius 3 is 2.17 bits per heavy atom. The van der Waals surface area contributed by atoms with Gasteiger partial charge in [-0.15, -0.1) is 0 Å². The van der Waals surface area contributed by atoms with E-state index in [1.807, 2.05) is 13.8 Å². The third-order valence-electron chi connectivity index (χ3n) is 3.96. The van der Waals surface area contributed by atoms with Gasteiger partial charge in [-0.25, -0.2) is 8.78 Å². The van der Waals surface area contributed by atoms with Crippen LogP contribution in [0.2, 0.25) is 0 Å². The molecule has 0 aliphatic carbocycles. The van der Waals surface area contributed by atoms with Gasteiger partial charge in [0, 0.05) is 17.8 Å². The largest absolute Gasteiger partial charge is 0.490 e. The van der Waals surface area contributed by atoms with E-state index in [9.17, 15) is 18.4 Å². The van der Waals surface area contributed by atoms with Crippen molar-refractivity contribution in [2.75, 3.05) is 44.0 Å². The molecule has 0 saturated carbocycles. The highest BCUT2D eigenvalue weighted by Gasteiger charge is 2.16. The number of anilines is 2. The lowest BCUT2D eigenvalue weighted by Crippen LogP contribution is -3.11. The molecule has 9 heteroatoms. The van der Waals surface area contributed by atoms with Gasteiger partial charge >= 0.3 is 0 Å². The molecule has 30 heavy (non-hydrogen) atoms. The number of hydrogen-bond donors (Lipinski definition) is 3. The van der Waals surface area contributed by atoms with E-state index < -0.39 is 17.5 Å². The third kappa shape index (κ3) is 7.00. The minimum Gasteiger partial charge on any atom is -0.490 e. The molecule has 0 radical (unpaired) electrons. The van der Waals surface area contributed by atoms with Crippen molar-refractivity contribution in [3.8, 4) is 11.5 Å². The molecular weight excluding hydrogens is 396 g/mol. The van der Waals surface area contributed by atoms with Crippen LogP contribution in [0.5, 0.6) is 11.5 Å². The summed E-state index contributed by atoms with van der Waals surface area (Å²) in [5.74, 6) is -1.28. The first-order valence-electron chi connectivity index (χ1n) is 9.58. The first-order valence-corrected chi connectivity index (χ1v) is 9.58. The number of quaternary nitrogens is 1. The van der Waals surface area contributed by atoms with Crippen molar-refractivity contribution in [1.82, 2.24) is 0 Å². The van der Waals surface area contributed by atoms with Crippen LogP contribution in [0.4, 0.5) is 20.2 Å². The summed E-state index contributed by atoms with van der Waals surface area (Å²) in [6.45, 7) is 4.60. The molecule has 7 nitrogen and oxygen atoms in total. The highest BCUT2D eigenvalue weighted by Crippen LogP contribution is 2.30. The molecule has 0 aliphatic heterocycles. The molecule has 0 aliphatic rings. The second-order valence-corrected chi connectivity index (χ2v) is 6.56. The summed E-state index contributed by atoms with van der Waals surface area (Å²) in [6.07, 6.45) is 0. The van der Waals surface area contributed by atoms with Gasteiger partial charge in [-0.05, 0) is 38.1 Å². The molecule has 0 aromatic heterocycles. The van der Waals surface area contributed by atoms with Crippen LogP contribution in [0, 0.1) is 11.6 Å². The Morgan fingerprint density at radius 1 is 0.900 bits per heavy atom. The van der Waals surface area contributed by atoms with E-state index in [0.29, 0.717) is 41.4 Å². The Kier molecular flexibility index (Phi) is 8.54. The Balaban J connectivity index is 1.89. The molecule has 0 saturated heterocycles. The van der Waals surface area contributed by atoms with Gasteiger partial charge in [0.2, 0.25) is 0 Å². The van der Waals surface area contributed by atoms with Crippen molar-refractivity contribution in [2.45, 2.75) is 13.8 Å². The summed E-state index contributed by atoms with van der Waals surface area (Å²) in [7, 11) is 1.66. The van der Waals surface area contributed by atoms with Gasteiger partial charge in [0.05, 0.1) is 25.9 Å². The predicted molar refractivity (Wildman–Crippen MR) is 109 cm³/mol. The average Bonchev–Trinajstić information content (AvgIpc) is 2.66. The molecule has 0 heterocycles. The molecule has 2 aromatic carbocycles. The zero-order chi connectivity index (χ0) is 22.1. The van der Waals surface area contributed by atoms with Crippen LogP contribution in [0.25, 0.3) is 0 Å². The van der Waals surface area contributed by atoms with Crippen LogP contribution in [0.15, 0.2) is 36.4 Å². The van der Waals surface area contributed by atoms with Crippen molar-refractivity contribution >= 4 is 23.2 Å². The molecule has 2 aromatic rings. The zero-order valence-electron chi connectivity index (χ0n) is 17.2. The summed E-state index contributed by atoms with van der Waals surface area (Å²) in [4.78, 5) is 24.9. The molecule has 3 N–H and O–H groups in total. The average molecular weight is 422 g/mol. The minimum atomic E-state index is -0.862. The monoisotopic (exact) mass is 422 g/mol. The first kappa shape index (κ1) is 23.1. The summed E-state index contributed by atoms with van der Waals surface area (Å²) in [6, 6.07) is 7.97. The fourth-order valence-corrected chi connectivity index (χ4v) is 2.73. The van der Waals surface area contributed by atoms with Crippen LogP contribution >= 0.6 is 0 Å². The Labute approximate surface area is 174 Å². The van der Waals surface area contributed by atoms with E-state index in [4.69, 9.17) is 9.47 Å². The lowest BCUT2D eigenvalue weighted by Gasteiger charge is -2.15. The van der Waals surface area contributed by atoms with Gasteiger partial charge in [-0.3, -0.25) is 9.59 Å². The predicted octanol–water partition coefficient (Wildman–Crippen LogP) is 1.85. The number of amides is 2. The number of carbonyl (C=O) groups excluding carboxylic acids is 2. The minimum absolute atomic E-state index is 0.0104. The molecule has 2 rings (SSSR count). The van der Waals surface area contributed by atoms with Gasteiger partial charge < -0.3 is 25.0 Å². The number of hydrogen-bond acceptors (Lipinski definition) is 4. The van der Waals surface area contributed by atoms with Gasteiger partial charge in [-0.2, -0.15) is 0 Å². The van der Waals surface area contributed by atoms with Crippen LogP contribution in [0.3, 0.4) is 0 Å². The van der Waals surface area contributed by atoms with Crippen molar-refractivity contribution in [1.29, 1.82) is 0 Å². The topological polar surface area (TPSA) is 81.1 Å². The summed E-state index contributed by atoms with van der Waals surface area (Å²) in [5.41, 5.74) is 0.425. The second-order valence-electron chi connectivity index (χ2n) is 6.56. The van der Waals surface area contributed by atoms with E-state index in [2.05, 4.69) is 10.6 Å². The van der Waals surface area contributed by atoms with E-state index in [1.54, 1.807) is 25.2 Å². The number of ether oxygens (including phenoxy) is 2. The maximum atomic E-state index is 13.6. The van der Waals surface area contributed by atoms with Crippen molar-refractivity contribution in [2.24, 2.45) is 0 Å². The van der Waals surface area contributed by atoms with E-state index in [-0.39, 0.29) is 24.7 Å². The van der Waals surface area contributed by atoms with E-state index in [1.165, 1.54) is 0 Å². The molecular formula is C21H26F2N3O4+. The lowest BCUT2D eigenvalue weighted by molar-refractivity contribution is -0.862. The number of rotatable bonds is 10. The quantitative estimate of drug-likeness (QED) is 0.546. The molecule has 2 amide bonds. The highest BCUT2D eigenvalue weighted by atomic mass is 19.1. The Hall–Kier alpha value is -3.20. The van der Waals surface area contributed by atoms with Crippen LogP contribution in [-0.4, -0.2) is 45.2 Å². The summed E-state index contributed by atoms with van der Waals surface area (Å²) < 4.78 is 37.6. The normalized spacial score (nSPS) is 11.5. The van der Waals surface area contributed by atoms with Gasteiger partial charge in [0.25, 0.3) is 11.8 Å². The van der Waals surface area contributed by atoms with Crippen molar-refractivity contribution in [3.63, 3.8) is 0 Å². The summed E-state index contributed by atoms with van der Waals surface area (Å²) in [5, 5.41) is 5.12. The molecule has 0 fully saturated rings. The standard InChI is InChI=1S/C21H25F2N3O4/c1-4-29-18-9-7-15(11-19(18)30-5-2)24-20(27)12-26(3)13-21(28)25-17-8-6-14(22)10-16(17)23/h6-11H,4-5,12-13H2,1-3H3,(H,24,27)(H,25,28)/p+1. The first-order chi connectivity index (χ1) is 14.3. The zero-order valence-corrected chi connectivity index (χ0v) is 17.2. The Bertz CT molecular complexity index is 893. The molecule has 162 valence electrons. The van der Waals surface area contributed by atoms with Crippen LogP contribution in [0.1, 0.15) is 13.8 Å². The van der Waals surface area contributed by atoms with Crippen molar-refractivity contribution in [3.05, 3.63) is 48.0 Å². The van der Waals surface area contributed by atoms with Gasteiger partial charge in [0.1, 0.15) is 11.6 Å². The lowest BCUT2D eigenvalue weighted by atomic mass is 10.2. The van der Waals surface area contributed by atoms with Crippen LogP contribution < -0.4 is 25.0 Å². The van der Waals surface area contributed by atoms with Crippen LogP contribution in [-0.2, 0) is 9.59 Å². The third-order valence-corrected chi connectivity index (χ3v) is 3.96. The fraction of sp³-hybridized carbons (Fsp3) is 0.333. The van der Waals surface area contributed by atoms with E-state index in [0.717, 1.165) is 12.1 Å². The second kappa shape index (κ2) is 11.1. The maximum absolute atomic E-state index is 13.6. The summed E-state index contributed by atoms with van der Waals surface area (Å²) >= 11 is 0. The molecule has 0 spiro atoms. The highest BCUT2D eigenvalue weighted by molar-refractivity contribution is 5.93. The van der Waals surface area contributed by atoms with Gasteiger partial charge in [0.15, 0.2) is 24.6 Å². The maximum Gasteiger partial charge on any atom is 0.279 e. The number of nitrogens with one attached hydrogen (secondary N) is 3. The molecule has 1 atom stereocenters. The van der Waals surface area contributed by atoms with Crippen molar-refractivity contribution < 1.29 is 32.7 Å². The molecule has 0 bridgehead atoms. The van der Waals surface area contributed by atoms with E-state index >= 15 is 0 Å². The fourth-order valence-electron chi connectivity index (χ4n) is 2.73. The number of carbonyl (C=O) groups is 2. The molecule has 1 unspecified atom stereocenters. The smallest absolute Gasteiger partial charge is 0.279 e. The number of halogens is 2. The SMILES string of the molecule is CCOc1ccc(NC(=O)C[NH+](C)CC(=O)Nc2ccc(F)cc2F)cc1OCC.